The molecule has 21 heavy (non-hydrogen) atoms. The summed E-state index contributed by atoms with van der Waals surface area (Å²) in [6.07, 6.45) is 1.34. The van der Waals surface area contributed by atoms with Crippen LogP contribution in [-0.4, -0.2) is 22.4 Å². The van der Waals surface area contributed by atoms with E-state index in [1.54, 1.807) is 12.1 Å². The molecule has 2 atom stereocenters. The lowest BCUT2D eigenvalue weighted by Crippen LogP contribution is -2.45. The number of halogens is 1. The van der Waals surface area contributed by atoms with Crippen molar-refractivity contribution in [2.75, 3.05) is 0 Å². The van der Waals surface area contributed by atoms with Gasteiger partial charge >= 0.3 is 0 Å². The first kappa shape index (κ1) is 14.5. The SMILES string of the molecule is CC(N1C(=O)C2(CC2)NC1c1ccccc1F)C(C)(C)C. The lowest BCUT2D eigenvalue weighted by Gasteiger charge is -2.38. The van der Waals surface area contributed by atoms with E-state index >= 15 is 0 Å². The smallest absolute Gasteiger partial charge is 0.244 e. The van der Waals surface area contributed by atoms with Crippen LogP contribution in [-0.2, 0) is 4.79 Å². The lowest BCUT2D eigenvalue weighted by atomic mass is 9.86. The molecule has 0 radical (unpaired) electrons. The average Bonchev–Trinajstić information content (AvgIpc) is 3.12. The zero-order valence-electron chi connectivity index (χ0n) is 13.1. The number of carbonyl (C=O) groups excluding carboxylic acids is 1. The van der Waals surface area contributed by atoms with E-state index in [0.29, 0.717) is 5.56 Å². The second-order valence-corrected chi connectivity index (χ2v) is 7.40. The molecule has 1 saturated carbocycles. The molecule has 1 saturated heterocycles. The van der Waals surface area contributed by atoms with Gasteiger partial charge in [0, 0.05) is 11.6 Å². The van der Waals surface area contributed by atoms with Gasteiger partial charge in [-0.25, -0.2) is 4.39 Å². The molecule has 1 heterocycles. The van der Waals surface area contributed by atoms with Crippen molar-refractivity contribution >= 4 is 5.91 Å². The molecule has 114 valence electrons. The molecule has 1 aromatic carbocycles. The molecule has 1 N–H and O–H groups in total. The molecule has 0 aromatic heterocycles. The highest BCUT2D eigenvalue weighted by Gasteiger charge is 2.61. The average molecular weight is 290 g/mol. The Morgan fingerprint density at radius 2 is 1.95 bits per heavy atom. The van der Waals surface area contributed by atoms with Crippen LogP contribution in [0.15, 0.2) is 24.3 Å². The first-order valence-corrected chi connectivity index (χ1v) is 7.61. The Labute approximate surface area is 125 Å². The number of hydrogen-bond donors (Lipinski definition) is 1. The van der Waals surface area contributed by atoms with Gasteiger partial charge in [0.05, 0.1) is 0 Å². The van der Waals surface area contributed by atoms with Crippen molar-refractivity contribution in [1.82, 2.24) is 10.2 Å². The Kier molecular flexibility index (Phi) is 3.14. The molecular weight excluding hydrogens is 267 g/mol. The quantitative estimate of drug-likeness (QED) is 0.907. The van der Waals surface area contributed by atoms with Crippen LogP contribution in [0, 0.1) is 11.2 Å². The van der Waals surface area contributed by atoms with E-state index in [4.69, 9.17) is 0 Å². The summed E-state index contributed by atoms with van der Waals surface area (Å²) in [6.45, 7) is 8.39. The van der Waals surface area contributed by atoms with Crippen molar-refractivity contribution in [1.29, 1.82) is 0 Å². The van der Waals surface area contributed by atoms with Crippen molar-refractivity contribution < 1.29 is 9.18 Å². The van der Waals surface area contributed by atoms with Gasteiger partial charge in [0.1, 0.15) is 17.5 Å². The maximum atomic E-state index is 14.2. The fraction of sp³-hybridized carbons (Fsp3) is 0.588. The number of amides is 1. The number of rotatable bonds is 2. The van der Waals surface area contributed by atoms with Gasteiger partial charge in [-0.15, -0.1) is 0 Å². The zero-order valence-corrected chi connectivity index (χ0v) is 13.1. The van der Waals surface area contributed by atoms with Crippen LogP contribution in [0.25, 0.3) is 0 Å². The zero-order chi connectivity index (χ0) is 15.4. The highest BCUT2D eigenvalue weighted by atomic mass is 19.1. The Balaban J connectivity index is 2.02. The summed E-state index contributed by atoms with van der Waals surface area (Å²) < 4.78 is 14.2. The van der Waals surface area contributed by atoms with Crippen molar-refractivity contribution in [3.8, 4) is 0 Å². The third-order valence-corrected chi connectivity index (χ3v) is 4.96. The van der Waals surface area contributed by atoms with Crippen LogP contribution in [0.4, 0.5) is 4.39 Å². The maximum Gasteiger partial charge on any atom is 0.244 e. The van der Waals surface area contributed by atoms with Crippen LogP contribution in [0.1, 0.15) is 52.3 Å². The normalized spacial score (nSPS) is 25.5. The summed E-state index contributed by atoms with van der Waals surface area (Å²) >= 11 is 0. The fourth-order valence-corrected chi connectivity index (χ4v) is 2.98. The summed E-state index contributed by atoms with van der Waals surface area (Å²) in [5.41, 5.74) is 0.0685. The van der Waals surface area contributed by atoms with E-state index in [-0.39, 0.29) is 29.3 Å². The van der Waals surface area contributed by atoms with Gasteiger partial charge in [-0.3, -0.25) is 10.1 Å². The van der Waals surface area contributed by atoms with Crippen LogP contribution in [0.3, 0.4) is 0 Å². The highest BCUT2D eigenvalue weighted by molar-refractivity contribution is 5.92. The molecule has 0 bridgehead atoms. The van der Waals surface area contributed by atoms with Gasteiger partial charge < -0.3 is 4.90 Å². The van der Waals surface area contributed by atoms with Crippen molar-refractivity contribution in [2.24, 2.45) is 5.41 Å². The van der Waals surface area contributed by atoms with Gasteiger partial charge in [-0.05, 0) is 31.2 Å². The predicted octanol–water partition coefficient (Wildman–Crippen LogP) is 3.22. The molecule has 1 aliphatic heterocycles. The first-order valence-electron chi connectivity index (χ1n) is 7.61. The first-order chi connectivity index (χ1) is 9.76. The minimum absolute atomic E-state index is 0.0297. The van der Waals surface area contributed by atoms with Crippen molar-refractivity contribution in [3.63, 3.8) is 0 Å². The van der Waals surface area contributed by atoms with Gasteiger partial charge in [0.2, 0.25) is 5.91 Å². The standard InChI is InChI=1S/C17H23FN2O/c1-11(16(2,3)4)20-14(12-7-5-6-8-13(12)18)19-17(9-10-17)15(20)21/h5-8,11,14,19H,9-10H2,1-4H3. The number of hydrogen-bond acceptors (Lipinski definition) is 2. The van der Waals surface area contributed by atoms with E-state index in [0.717, 1.165) is 12.8 Å². The van der Waals surface area contributed by atoms with Crippen molar-refractivity contribution in [2.45, 2.75) is 58.3 Å². The Morgan fingerprint density at radius 3 is 2.48 bits per heavy atom. The summed E-state index contributed by atoms with van der Waals surface area (Å²) in [6, 6.07) is 6.76. The van der Waals surface area contributed by atoms with E-state index < -0.39 is 5.54 Å². The minimum atomic E-state index is -0.438. The third-order valence-electron chi connectivity index (χ3n) is 4.96. The van der Waals surface area contributed by atoms with E-state index in [1.165, 1.54) is 6.07 Å². The number of nitrogens with one attached hydrogen (secondary N) is 1. The molecule has 2 fully saturated rings. The number of nitrogens with zero attached hydrogens (tertiary/aromatic N) is 1. The van der Waals surface area contributed by atoms with E-state index in [1.807, 2.05) is 11.0 Å². The second kappa shape index (κ2) is 4.54. The molecule has 3 nitrogen and oxygen atoms in total. The molecular formula is C17H23FN2O. The van der Waals surface area contributed by atoms with E-state index in [9.17, 15) is 9.18 Å². The van der Waals surface area contributed by atoms with Crippen LogP contribution in [0.2, 0.25) is 0 Å². The van der Waals surface area contributed by atoms with Gasteiger partial charge in [-0.2, -0.15) is 0 Å². The van der Waals surface area contributed by atoms with Crippen LogP contribution in [0.5, 0.6) is 0 Å². The molecule has 1 aliphatic carbocycles. The van der Waals surface area contributed by atoms with Crippen LogP contribution < -0.4 is 5.32 Å². The topological polar surface area (TPSA) is 32.3 Å². The number of carbonyl (C=O) groups is 1. The largest absolute Gasteiger partial charge is 0.318 e. The van der Waals surface area contributed by atoms with Gasteiger partial charge in [0.15, 0.2) is 0 Å². The molecule has 3 rings (SSSR count). The molecule has 2 aliphatic rings. The van der Waals surface area contributed by atoms with Gasteiger partial charge in [0.25, 0.3) is 0 Å². The minimum Gasteiger partial charge on any atom is -0.318 e. The van der Waals surface area contributed by atoms with Crippen molar-refractivity contribution in [3.05, 3.63) is 35.6 Å². The Bertz CT molecular complexity index is 574. The van der Waals surface area contributed by atoms with Gasteiger partial charge in [-0.1, -0.05) is 39.0 Å². The molecule has 2 unspecified atom stereocenters. The Hall–Kier alpha value is -1.42. The predicted molar refractivity (Wildman–Crippen MR) is 80.0 cm³/mol. The molecule has 4 heteroatoms. The number of benzene rings is 1. The highest BCUT2D eigenvalue weighted by Crippen LogP contribution is 2.48. The molecule has 1 spiro atoms. The molecule has 1 aromatic rings. The molecule has 1 amide bonds. The maximum absolute atomic E-state index is 14.2. The summed E-state index contributed by atoms with van der Waals surface area (Å²) in [4.78, 5) is 14.7. The Morgan fingerprint density at radius 1 is 1.33 bits per heavy atom. The van der Waals surface area contributed by atoms with Crippen LogP contribution >= 0.6 is 0 Å². The lowest BCUT2D eigenvalue weighted by molar-refractivity contribution is -0.135. The second-order valence-electron chi connectivity index (χ2n) is 7.40. The third kappa shape index (κ3) is 2.26. The fourth-order valence-electron chi connectivity index (χ4n) is 2.98. The van der Waals surface area contributed by atoms with E-state index in [2.05, 4.69) is 33.0 Å². The summed E-state index contributed by atoms with van der Waals surface area (Å²) in [5, 5.41) is 3.39. The monoisotopic (exact) mass is 290 g/mol. The summed E-state index contributed by atoms with van der Waals surface area (Å²) in [7, 11) is 0. The summed E-state index contributed by atoms with van der Waals surface area (Å²) in [5.74, 6) is -0.134.